The molecule has 0 bridgehead atoms. The van der Waals surface area contributed by atoms with Crippen molar-refractivity contribution in [3.63, 3.8) is 0 Å². The third-order valence-corrected chi connectivity index (χ3v) is 5.63. The van der Waals surface area contributed by atoms with Gasteiger partial charge in [-0.3, -0.25) is 0 Å². The number of fused-ring (bicyclic) bond motifs is 2. The minimum absolute atomic E-state index is 1.15. The monoisotopic (exact) mass is 377 g/mol. The van der Waals surface area contributed by atoms with Crippen LogP contribution in [0.4, 0.5) is 0 Å². The molecule has 1 aromatic heterocycles. The summed E-state index contributed by atoms with van der Waals surface area (Å²) in [5.41, 5.74) is 1.15. The number of H-pyrrole nitrogens is 1. The first kappa shape index (κ1) is 18.1. The molecule has 3 aromatic carbocycles. The molecular formula is C19H17Cl2NTi-2. The van der Waals surface area contributed by atoms with Crippen molar-refractivity contribution in [2.45, 2.75) is 6.92 Å². The Hall–Kier alpha value is -1.25. The fourth-order valence-electron chi connectivity index (χ4n) is 2.00. The van der Waals surface area contributed by atoms with E-state index in [4.69, 9.17) is 18.6 Å². The molecule has 4 aromatic rings. The summed E-state index contributed by atoms with van der Waals surface area (Å²) in [6.07, 6.45) is 1.82. The summed E-state index contributed by atoms with van der Waals surface area (Å²) in [4.78, 5) is 3.06. The molecule has 4 rings (SSSR count). The predicted octanol–water partition coefficient (Wildman–Crippen LogP) is 6.26. The molecule has 1 nitrogen and oxygen atoms in total. The molecule has 0 spiro atoms. The van der Waals surface area contributed by atoms with Gasteiger partial charge in [0, 0.05) is 0 Å². The normalized spacial score (nSPS) is 9.52. The van der Waals surface area contributed by atoms with E-state index in [1.807, 2.05) is 41.7 Å². The minimum Gasteiger partial charge on any atom is -0.424 e. The van der Waals surface area contributed by atoms with Crippen molar-refractivity contribution >= 4 is 44.6 Å². The Morgan fingerprint density at radius 3 is 2.43 bits per heavy atom. The third kappa shape index (κ3) is 6.04. The molecule has 0 unspecified atom stereocenters. The predicted molar refractivity (Wildman–Crippen MR) is 100 cm³/mol. The van der Waals surface area contributed by atoms with Gasteiger partial charge in [0.15, 0.2) is 0 Å². The zero-order valence-electron chi connectivity index (χ0n) is 12.8. The van der Waals surface area contributed by atoms with Crippen molar-refractivity contribution in [1.82, 2.24) is 4.98 Å². The Labute approximate surface area is 150 Å². The standard InChI is InChI=1S/C9H7.C8H6N.C2H4.2ClH.Ti/c1-2-5-9-7-3-6-8(9)4-1;1-2-4-8-7(3-1)5-6-9-8;1-2;;;/h1-7H;1-4,6,9H;1H,2H3;2*1H;/q2*-1;;;;+2/p-2. The molecule has 0 amide bonds. The van der Waals surface area contributed by atoms with Crippen LogP contribution in [0.25, 0.3) is 21.7 Å². The van der Waals surface area contributed by atoms with E-state index >= 15 is 0 Å². The molecule has 118 valence electrons. The van der Waals surface area contributed by atoms with Gasteiger partial charge in [-0.05, 0) is 0 Å². The maximum absolute atomic E-state index is 5.34. The Balaban J connectivity index is 0.000000132. The smallest absolute Gasteiger partial charge is 0.0662 e. The SMILES string of the molecule is C[CH]=[Ti]([Cl])[Cl].[c-]1c[nH]c2ccccc12.c1ccc2[cH-]ccc2c1. The van der Waals surface area contributed by atoms with Crippen molar-refractivity contribution < 1.29 is 15.3 Å². The maximum atomic E-state index is 5.34. The molecule has 0 atom stereocenters. The van der Waals surface area contributed by atoms with E-state index in [2.05, 4.69) is 53.5 Å². The van der Waals surface area contributed by atoms with Gasteiger partial charge in [0.2, 0.25) is 0 Å². The van der Waals surface area contributed by atoms with Crippen molar-refractivity contribution in [3.05, 3.63) is 79.0 Å². The molecule has 1 heterocycles. The van der Waals surface area contributed by atoms with E-state index in [0.29, 0.717) is 0 Å². The van der Waals surface area contributed by atoms with Crippen LogP contribution < -0.4 is 0 Å². The van der Waals surface area contributed by atoms with E-state index < -0.39 is 15.3 Å². The molecule has 0 aliphatic rings. The van der Waals surface area contributed by atoms with Crippen molar-refractivity contribution in [1.29, 1.82) is 0 Å². The van der Waals surface area contributed by atoms with Gasteiger partial charge in [-0.2, -0.15) is 35.0 Å². The van der Waals surface area contributed by atoms with Gasteiger partial charge in [-0.1, -0.05) is 29.9 Å². The second-order valence-electron chi connectivity index (χ2n) is 4.71. The minimum atomic E-state index is -1.54. The summed E-state index contributed by atoms with van der Waals surface area (Å²) in [7, 11) is 10.7. The topological polar surface area (TPSA) is 15.8 Å². The Bertz CT molecular complexity index is 747. The fourth-order valence-corrected chi connectivity index (χ4v) is 2.00. The summed E-state index contributed by atoms with van der Waals surface area (Å²) in [6.45, 7) is 1.88. The van der Waals surface area contributed by atoms with Crippen LogP contribution >= 0.6 is 18.6 Å². The van der Waals surface area contributed by atoms with Crippen molar-refractivity contribution in [3.8, 4) is 0 Å². The molecule has 0 saturated carbocycles. The second-order valence-corrected chi connectivity index (χ2v) is 10.7. The van der Waals surface area contributed by atoms with Crippen LogP contribution in [-0.2, 0) is 15.3 Å². The molecule has 1 N–H and O–H groups in total. The summed E-state index contributed by atoms with van der Waals surface area (Å²) in [6, 6.07) is 25.8. The molecule has 23 heavy (non-hydrogen) atoms. The number of aromatic nitrogens is 1. The number of nitrogens with one attached hydrogen (secondary N) is 1. The van der Waals surface area contributed by atoms with E-state index in [0.717, 1.165) is 10.9 Å². The van der Waals surface area contributed by atoms with Gasteiger partial charge in [-0.25, -0.2) is 0 Å². The molecule has 0 aliphatic carbocycles. The quantitative estimate of drug-likeness (QED) is 0.275. The van der Waals surface area contributed by atoms with Gasteiger partial charge in [0.05, 0.1) is 0 Å². The number of halogens is 2. The summed E-state index contributed by atoms with van der Waals surface area (Å²) < 4.78 is 1.86. The molecular weight excluding hydrogens is 361 g/mol. The van der Waals surface area contributed by atoms with Crippen LogP contribution in [0.2, 0.25) is 0 Å². The Kier molecular flexibility index (Phi) is 7.71. The average Bonchev–Trinajstić information content (AvgIpc) is 3.24. The Morgan fingerprint density at radius 2 is 1.74 bits per heavy atom. The Morgan fingerprint density at radius 1 is 1.04 bits per heavy atom. The largest absolute Gasteiger partial charge is 0.424 e. The first-order chi connectivity index (χ1) is 11.2. The van der Waals surface area contributed by atoms with Crippen LogP contribution in [0.5, 0.6) is 0 Å². The maximum Gasteiger partial charge on any atom is -0.0662 e. The van der Waals surface area contributed by atoms with Gasteiger partial charge in [0.1, 0.15) is 0 Å². The number of para-hydroxylation sites is 1. The molecule has 0 saturated heterocycles. The number of benzene rings is 2. The third-order valence-electron chi connectivity index (χ3n) is 3.15. The van der Waals surface area contributed by atoms with Crippen LogP contribution in [0.15, 0.2) is 72.9 Å². The van der Waals surface area contributed by atoms with E-state index in [9.17, 15) is 0 Å². The van der Waals surface area contributed by atoms with Gasteiger partial charge < -0.3 is 4.98 Å². The molecule has 0 aliphatic heterocycles. The fraction of sp³-hybridized carbons (Fsp3) is 0.0526. The van der Waals surface area contributed by atoms with E-state index in [1.54, 1.807) is 0 Å². The van der Waals surface area contributed by atoms with Crippen LogP contribution in [0.3, 0.4) is 0 Å². The molecule has 4 heteroatoms. The zero-order chi connectivity index (χ0) is 16.5. The molecule has 0 fully saturated rings. The van der Waals surface area contributed by atoms with Crippen molar-refractivity contribution in [2.24, 2.45) is 0 Å². The van der Waals surface area contributed by atoms with E-state index in [1.165, 1.54) is 10.8 Å². The van der Waals surface area contributed by atoms with E-state index in [-0.39, 0.29) is 0 Å². The van der Waals surface area contributed by atoms with Crippen LogP contribution in [-0.4, -0.2) is 9.30 Å². The van der Waals surface area contributed by atoms with Crippen LogP contribution in [0.1, 0.15) is 6.92 Å². The average molecular weight is 378 g/mol. The number of hydrogen-bond donors (Lipinski definition) is 1. The van der Waals surface area contributed by atoms with Gasteiger partial charge in [-0.15, -0.1) is 35.7 Å². The number of rotatable bonds is 0. The van der Waals surface area contributed by atoms with Gasteiger partial charge >= 0.3 is 45.1 Å². The summed E-state index contributed by atoms with van der Waals surface area (Å²) >= 11 is -1.54. The summed E-state index contributed by atoms with van der Waals surface area (Å²) in [5, 5.41) is 3.81. The first-order valence-corrected chi connectivity index (χ1v) is 12.4. The second kappa shape index (κ2) is 9.80. The van der Waals surface area contributed by atoms with Gasteiger partial charge in [0.25, 0.3) is 0 Å². The number of aromatic amines is 1. The van der Waals surface area contributed by atoms with Crippen LogP contribution in [0, 0.1) is 6.07 Å². The van der Waals surface area contributed by atoms with Crippen molar-refractivity contribution in [2.75, 3.05) is 0 Å². The zero-order valence-corrected chi connectivity index (χ0v) is 15.8. The summed E-state index contributed by atoms with van der Waals surface area (Å²) in [5.74, 6) is 0. The molecule has 0 radical (unpaired) electrons. The number of hydrogen-bond acceptors (Lipinski definition) is 0. The first-order valence-electron chi connectivity index (χ1n) is 7.22.